The van der Waals surface area contributed by atoms with Crippen LogP contribution in [-0.2, 0) is 6.54 Å². The molecule has 0 aliphatic carbocycles. The zero-order valence-electron chi connectivity index (χ0n) is 12.4. The summed E-state index contributed by atoms with van der Waals surface area (Å²) in [5.74, 6) is 2.33. The third-order valence-electron chi connectivity index (χ3n) is 2.49. The Bertz CT molecular complexity index is 356. The SMILES string of the molecule is CCOc1ccc(CNCC(C)C)cc1OCC.Cl. The fourth-order valence-corrected chi connectivity index (χ4v) is 1.71. The van der Waals surface area contributed by atoms with Crippen molar-refractivity contribution in [3.05, 3.63) is 23.8 Å². The molecule has 110 valence electrons. The molecule has 0 spiro atoms. The number of ether oxygens (including phenoxy) is 2. The van der Waals surface area contributed by atoms with E-state index in [9.17, 15) is 0 Å². The Kier molecular flexibility index (Phi) is 9.44. The van der Waals surface area contributed by atoms with Crippen LogP contribution < -0.4 is 14.8 Å². The van der Waals surface area contributed by atoms with Crippen molar-refractivity contribution in [1.29, 1.82) is 0 Å². The molecule has 0 amide bonds. The molecular formula is C15H26ClNO2. The van der Waals surface area contributed by atoms with Gasteiger partial charge >= 0.3 is 0 Å². The molecule has 0 saturated carbocycles. The summed E-state index contributed by atoms with van der Waals surface area (Å²) in [6.45, 7) is 11.6. The van der Waals surface area contributed by atoms with Crippen LogP contribution in [0.3, 0.4) is 0 Å². The second kappa shape index (κ2) is 9.93. The first-order valence-electron chi connectivity index (χ1n) is 6.76. The van der Waals surface area contributed by atoms with Crippen LogP contribution in [0.15, 0.2) is 18.2 Å². The van der Waals surface area contributed by atoms with Crippen LogP contribution in [0.25, 0.3) is 0 Å². The van der Waals surface area contributed by atoms with E-state index in [-0.39, 0.29) is 12.4 Å². The van der Waals surface area contributed by atoms with Gasteiger partial charge in [-0.2, -0.15) is 0 Å². The molecule has 1 aromatic rings. The van der Waals surface area contributed by atoms with Crippen LogP contribution in [0.2, 0.25) is 0 Å². The van der Waals surface area contributed by atoms with E-state index in [0.717, 1.165) is 24.6 Å². The van der Waals surface area contributed by atoms with E-state index in [1.165, 1.54) is 5.56 Å². The van der Waals surface area contributed by atoms with Gasteiger partial charge in [0.1, 0.15) is 0 Å². The van der Waals surface area contributed by atoms with Gasteiger partial charge in [0, 0.05) is 6.54 Å². The molecule has 0 aliphatic rings. The summed E-state index contributed by atoms with van der Waals surface area (Å²) >= 11 is 0. The van der Waals surface area contributed by atoms with Crippen LogP contribution in [0, 0.1) is 5.92 Å². The monoisotopic (exact) mass is 287 g/mol. The quantitative estimate of drug-likeness (QED) is 0.792. The smallest absolute Gasteiger partial charge is 0.161 e. The lowest BCUT2D eigenvalue weighted by atomic mass is 10.2. The summed E-state index contributed by atoms with van der Waals surface area (Å²) < 4.78 is 11.1. The maximum atomic E-state index is 5.60. The van der Waals surface area contributed by atoms with E-state index in [1.54, 1.807) is 0 Å². The minimum atomic E-state index is 0. The lowest BCUT2D eigenvalue weighted by molar-refractivity contribution is 0.287. The summed E-state index contributed by atoms with van der Waals surface area (Å²) in [4.78, 5) is 0. The zero-order chi connectivity index (χ0) is 13.4. The summed E-state index contributed by atoms with van der Waals surface area (Å²) in [5, 5.41) is 3.43. The predicted molar refractivity (Wildman–Crippen MR) is 82.6 cm³/mol. The van der Waals surface area contributed by atoms with Gasteiger partial charge in [0.05, 0.1) is 13.2 Å². The minimum absolute atomic E-state index is 0. The molecule has 0 heterocycles. The van der Waals surface area contributed by atoms with E-state index in [4.69, 9.17) is 9.47 Å². The molecule has 3 nitrogen and oxygen atoms in total. The third-order valence-corrected chi connectivity index (χ3v) is 2.49. The highest BCUT2D eigenvalue weighted by atomic mass is 35.5. The molecule has 0 fully saturated rings. The first-order valence-corrected chi connectivity index (χ1v) is 6.76. The molecule has 0 saturated heterocycles. The van der Waals surface area contributed by atoms with E-state index < -0.39 is 0 Å². The van der Waals surface area contributed by atoms with Gasteiger partial charge in [0.2, 0.25) is 0 Å². The van der Waals surface area contributed by atoms with Gasteiger partial charge in [-0.15, -0.1) is 12.4 Å². The van der Waals surface area contributed by atoms with Gasteiger partial charge in [-0.3, -0.25) is 0 Å². The van der Waals surface area contributed by atoms with E-state index in [1.807, 2.05) is 19.9 Å². The summed E-state index contributed by atoms with van der Waals surface area (Å²) in [6, 6.07) is 6.13. The number of halogens is 1. The second-order valence-corrected chi connectivity index (χ2v) is 4.67. The van der Waals surface area contributed by atoms with Crippen molar-refractivity contribution >= 4 is 12.4 Å². The van der Waals surface area contributed by atoms with Crippen molar-refractivity contribution in [2.24, 2.45) is 5.92 Å². The number of hydrogen-bond acceptors (Lipinski definition) is 3. The first-order chi connectivity index (χ1) is 8.67. The van der Waals surface area contributed by atoms with Gasteiger partial charge in [0.25, 0.3) is 0 Å². The van der Waals surface area contributed by atoms with E-state index in [2.05, 4.69) is 31.3 Å². The number of nitrogens with one attached hydrogen (secondary N) is 1. The number of hydrogen-bond donors (Lipinski definition) is 1. The summed E-state index contributed by atoms with van der Waals surface area (Å²) in [7, 11) is 0. The van der Waals surface area contributed by atoms with Crippen LogP contribution in [0.4, 0.5) is 0 Å². The molecule has 0 atom stereocenters. The highest BCUT2D eigenvalue weighted by Gasteiger charge is 2.06. The van der Waals surface area contributed by atoms with Crippen molar-refractivity contribution < 1.29 is 9.47 Å². The lowest BCUT2D eigenvalue weighted by Gasteiger charge is -2.13. The molecule has 1 rings (SSSR count). The molecule has 0 aromatic heterocycles. The maximum Gasteiger partial charge on any atom is 0.161 e. The molecule has 0 aliphatic heterocycles. The summed E-state index contributed by atoms with van der Waals surface area (Å²) in [5.41, 5.74) is 1.22. The van der Waals surface area contributed by atoms with Crippen molar-refractivity contribution in [1.82, 2.24) is 5.32 Å². The molecule has 0 bridgehead atoms. The average molecular weight is 288 g/mol. The highest BCUT2D eigenvalue weighted by molar-refractivity contribution is 5.85. The maximum absolute atomic E-state index is 5.60. The van der Waals surface area contributed by atoms with Gasteiger partial charge < -0.3 is 14.8 Å². The lowest BCUT2D eigenvalue weighted by Crippen LogP contribution is -2.18. The minimum Gasteiger partial charge on any atom is -0.490 e. The van der Waals surface area contributed by atoms with E-state index in [0.29, 0.717) is 19.1 Å². The summed E-state index contributed by atoms with van der Waals surface area (Å²) in [6.07, 6.45) is 0. The Labute approximate surface area is 123 Å². The number of rotatable bonds is 8. The van der Waals surface area contributed by atoms with E-state index >= 15 is 0 Å². The predicted octanol–water partition coefficient (Wildman–Crippen LogP) is 3.65. The van der Waals surface area contributed by atoms with Crippen LogP contribution in [-0.4, -0.2) is 19.8 Å². The topological polar surface area (TPSA) is 30.5 Å². The van der Waals surface area contributed by atoms with Gasteiger partial charge in [-0.05, 0) is 44.0 Å². The van der Waals surface area contributed by atoms with Crippen molar-refractivity contribution in [2.45, 2.75) is 34.2 Å². The Morgan fingerprint density at radius 2 is 1.68 bits per heavy atom. The number of benzene rings is 1. The Morgan fingerprint density at radius 1 is 1.05 bits per heavy atom. The second-order valence-electron chi connectivity index (χ2n) is 4.67. The molecule has 0 unspecified atom stereocenters. The third kappa shape index (κ3) is 6.69. The zero-order valence-corrected chi connectivity index (χ0v) is 13.2. The molecule has 4 heteroatoms. The first kappa shape index (κ1) is 18.1. The van der Waals surface area contributed by atoms with Gasteiger partial charge in [-0.25, -0.2) is 0 Å². The van der Waals surface area contributed by atoms with Crippen LogP contribution >= 0.6 is 12.4 Å². The van der Waals surface area contributed by atoms with Gasteiger partial charge in [-0.1, -0.05) is 19.9 Å². The van der Waals surface area contributed by atoms with Crippen molar-refractivity contribution in [3.63, 3.8) is 0 Å². The standard InChI is InChI=1S/C15H25NO2.ClH/c1-5-17-14-8-7-13(9-15(14)18-6-2)11-16-10-12(3)4;/h7-9,12,16H,5-6,10-11H2,1-4H3;1H. The van der Waals surface area contributed by atoms with Crippen LogP contribution in [0.1, 0.15) is 33.3 Å². The molecule has 1 aromatic carbocycles. The molecule has 0 radical (unpaired) electrons. The molecular weight excluding hydrogens is 262 g/mol. The fourth-order valence-electron chi connectivity index (χ4n) is 1.71. The van der Waals surface area contributed by atoms with Crippen LogP contribution in [0.5, 0.6) is 11.5 Å². The largest absolute Gasteiger partial charge is 0.490 e. The Balaban J connectivity index is 0.00000324. The van der Waals surface area contributed by atoms with Gasteiger partial charge in [0.15, 0.2) is 11.5 Å². The average Bonchev–Trinajstić information content (AvgIpc) is 2.32. The Hall–Kier alpha value is -0.930. The fraction of sp³-hybridized carbons (Fsp3) is 0.600. The Morgan fingerprint density at radius 3 is 2.26 bits per heavy atom. The molecule has 1 N–H and O–H groups in total. The van der Waals surface area contributed by atoms with Crippen molar-refractivity contribution in [3.8, 4) is 11.5 Å². The normalized spacial score (nSPS) is 10.2. The molecule has 19 heavy (non-hydrogen) atoms. The highest BCUT2D eigenvalue weighted by Crippen LogP contribution is 2.28. The van der Waals surface area contributed by atoms with Crippen molar-refractivity contribution in [2.75, 3.05) is 19.8 Å².